The Morgan fingerprint density at radius 1 is 1.29 bits per heavy atom. The Kier molecular flexibility index (Phi) is 4.40. The summed E-state index contributed by atoms with van der Waals surface area (Å²) >= 11 is 0. The van der Waals surface area contributed by atoms with E-state index in [0.717, 1.165) is 45.2 Å². The maximum atomic E-state index is 11.9. The highest BCUT2D eigenvalue weighted by Crippen LogP contribution is 2.26. The molecular formula is C13H24N2O2. The highest BCUT2D eigenvalue weighted by Gasteiger charge is 2.30. The van der Waals surface area contributed by atoms with Crippen LogP contribution in [0.1, 0.15) is 44.9 Å². The van der Waals surface area contributed by atoms with Gasteiger partial charge >= 0.3 is 0 Å². The molecule has 17 heavy (non-hydrogen) atoms. The van der Waals surface area contributed by atoms with Crippen molar-refractivity contribution in [2.45, 2.75) is 50.5 Å². The third-order valence-electron chi connectivity index (χ3n) is 4.06. The van der Waals surface area contributed by atoms with E-state index in [9.17, 15) is 9.90 Å². The van der Waals surface area contributed by atoms with Crippen molar-refractivity contribution in [1.29, 1.82) is 0 Å². The molecule has 1 saturated heterocycles. The minimum Gasteiger partial charge on any atom is -0.388 e. The fourth-order valence-electron chi connectivity index (χ4n) is 2.84. The van der Waals surface area contributed by atoms with Crippen molar-refractivity contribution in [1.82, 2.24) is 10.6 Å². The zero-order chi connectivity index (χ0) is 12.1. The Bertz CT molecular complexity index is 254. The Morgan fingerprint density at radius 3 is 2.59 bits per heavy atom. The molecule has 3 N–H and O–H groups in total. The predicted molar refractivity (Wildman–Crippen MR) is 66.6 cm³/mol. The lowest BCUT2D eigenvalue weighted by Crippen LogP contribution is -2.44. The van der Waals surface area contributed by atoms with Crippen molar-refractivity contribution < 1.29 is 9.90 Å². The van der Waals surface area contributed by atoms with E-state index in [2.05, 4.69) is 10.6 Å². The minimum absolute atomic E-state index is 0.101. The van der Waals surface area contributed by atoms with Crippen LogP contribution in [0.2, 0.25) is 0 Å². The smallest absolute Gasteiger partial charge is 0.224 e. The molecule has 0 bridgehead atoms. The molecule has 0 radical (unpaired) electrons. The molecule has 0 aromatic carbocycles. The molecule has 2 rings (SSSR count). The number of hydrogen-bond acceptors (Lipinski definition) is 3. The zero-order valence-electron chi connectivity index (χ0n) is 10.5. The molecule has 1 amide bonds. The van der Waals surface area contributed by atoms with Crippen LogP contribution in [-0.4, -0.2) is 36.2 Å². The minimum atomic E-state index is -0.655. The van der Waals surface area contributed by atoms with Crippen LogP contribution < -0.4 is 10.6 Å². The first-order valence-electron chi connectivity index (χ1n) is 6.90. The summed E-state index contributed by atoms with van der Waals surface area (Å²) in [6.45, 7) is 2.15. The van der Waals surface area contributed by atoms with Gasteiger partial charge in [-0.1, -0.05) is 25.7 Å². The van der Waals surface area contributed by atoms with E-state index in [4.69, 9.17) is 0 Å². The van der Waals surface area contributed by atoms with Crippen LogP contribution in [0.25, 0.3) is 0 Å². The van der Waals surface area contributed by atoms with Gasteiger partial charge in [-0.15, -0.1) is 0 Å². The molecule has 1 aliphatic carbocycles. The highest BCUT2D eigenvalue weighted by molar-refractivity contribution is 5.79. The standard InChI is InChI=1S/C13H24N2O2/c16-12(11-5-8-14-9-11)15-10-13(17)6-3-1-2-4-7-13/h11,14,17H,1-10H2,(H,15,16). The van der Waals surface area contributed by atoms with Gasteiger partial charge in [0, 0.05) is 13.1 Å². The zero-order valence-corrected chi connectivity index (χ0v) is 10.5. The number of rotatable bonds is 3. The molecule has 1 aliphatic heterocycles. The second-order valence-corrected chi connectivity index (χ2v) is 5.55. The molecule has 0 spiro atoms. The van der Waals surface area contributed by atoms with E-state index < -0.39 is 5.60 Å². The number of hydrogen-bond donors (Lipinski definition) is 3. The van der Waals surface area contributed by atoms with Crippen LogP contribution in [-0.2, 0) is 4.79 Å². The summed E-state index contributed by atoms with van der Waals surface area (Å²) in [5, 5.41) is 16.5. The first-order valence-corrected chi connectivity index (χ1v) is 6.90. The van der Waals surface area contributed by atoms with Gasteiger partial charge in [-0.3, -0.25) is 4.79 Å². The van der Waals surface area contributed by atoms with E-state index in [1.807, 2.05) is 0 Å². The van der Waals surface area contributed by atoms with Gasteiger partial charge in [0.25, 0.3) is 0 Å². The molecule has 0 aromatic rings. The Balaban J connectivity index is 1.77. The fraction of sp³-hybridized carbons (Fsp3) is 0.923. The van der Waals surface area contributed by atoms with Crippen molar-refractivity contribution in [3.05, 3.63) is 0 Å². The van der Waals surface area contributed by atoms with Crippen LogP contribution in [0.15, 0.2) is 0 Å². The number of amides is 1. The van der Waals surface area contributed by atoms with Gasteiger partial charge in [-0.2, -0.15) is 0 Å². The van der Waals surface area contributed by atoms with Gasteiger partial charge in [0.05, 0.1) is 11.5 Å². The number of nitrogens with one attached hydrogen (secondary N) is 2. The molecular weight excluding hydrogens is 216 g/mol. The molecule has 98 valence electrons. The Morgan fingerprint density at radius 2 is 2.00 bits per heavy atom. The summed E-state index contributed by atoms with van der Waals surface area (Å²) in [6, 6.07) is 0. The summed E-state index contributed by atoms with van der Waals surface area (Å²) < 4.78 is 0. The molecule has 0 aromatic heterocycles. The molecule has 1 heterocycles. The van der Waals surface area contributed by atoms with Gasteiger partial charge in [0.1, 0.15) is 0 Å². The number of carbonyl (C=O) groups excluding carboxylic acids is 1. The Labute approximate surface area is 103 Å². The van der Waals surface area contributed by atoms with Gasteiger partial charge < -0.3 is 15.7 Å². The summed E-state index contributed by atoms with van der Waals surface area (Å²) in [6.07, 6.45) is 7.16. The van der Waals surface area contributed by atoms with Gasteiger partial charge in [0.2, 0.25) is 5.91 Å². The van der Waals surface area contributed by atoms with Crippen molar-refractivity contribution in [3.63, 3.8) is 0 Å². The van der Waals surface area contributed by atoms with Crippen LogP contribution in [0.5, 0.6) is 0 Å². The topological polar surface area (TPSA) is 61.4 Å². The third-order valence-corrected chi connectivity index (χ3v) is 4.06. The quantitative estimate of drug-likeness (QED) is 0.639. The van der Waals surface area contributed by atoms with Crippen LogP contribution in [0.3, 0.4) is 0 Å². The van der Waals surface area contributed by atoms with Gasteiger partial charge in [-0.05, 0) is 25.8 Å². The van der Waals surface area contributed by atoms with Gasteiger partial charge in [-0.25, -0.2) is 0 Å². The predicted octanol–water partition coefficient (Wildman–Crippen LogP) is 0.797. The fourth-order valence-corrected chi connectivity index (χ4v) is 2.84. The van der Waals surface area contributed by atoms with Crippen molar-refractivity contribution in [2.24, 2.45) is 5.92 Å². The maximum absolute atomic E-state index is 11.9. The van der Waals surface area contributed by atoms with E-state index in [-0.39, 0.29) is 11.8 Å². The SMILES string of the molecule is O=C(NCC1(O)CCCCCC1)C1CCNC1. The summed E-state index contributed by atoms with van der Waals surface area (Å²) in [5.74, 6) is 0.206. The molecule has 4 heteroatoms. The average molecular weight is 240 g/mol. The first-order chi connectivity index (χ1) is 8.20. The largest absolute Gasteiger partial charge is 0.388 e. The second-order valence-electron chi connectivity index (χ2n) is 5.55. The van der Waals surface area contributed by atoms with E-state index in [1.165, 1.54) is 12.8 Å². The highest BCUT2D eigenvalue weighted by atomic mass is 16.3. The number of carbonyl (C=O) groups is 1. The van der Waals surface area contributed by atoms with Crippen molar-refractivity contribution in [3.8, 4) is 0 Å². The summed E-state index contributed by atoms with van der Waals surface area (Å²) in [7, 11) is 0. The molecule has 1 atom stereocenters. The van der Waals surface area contributed by atoms with E-state index in [0.29, 0.717) is 6.54 Å². The van der Waals surface area contributed by atoms with Crippen LogP contribution in [0, 0.1) is 5.92 Å². The molecule has 1 saturated carbocycles. The van der Waals surface area contributed by atoms with Crippen molar-refractivity contribution in [2.75, 3.05) is 19.6 Å². The molecule has 4 nitrogen and oxygen atoms in total. The lowest BCUT2D eigenvalue weighted by atomic mass is 9.94. The van der Waals surface area contributed by atoms with E-state index in [1.54, 1.807) is 0 Å². The molecule has 2 aliphatic rings. The molecule has 1 unspecified atom stereocenters. The first kappa shape index (κ1) is 12.8. The Hall–Kier alpha value is -0.610. The van der Waals surface area contributed by atoms with Gasteiger partial charge in [0.15, 0.2) is 0 Å². The molecule has 2 fully saturated rings. The van der Waals surface area contributed by atoms with Crippen LogP contribution in [0.4, 0.5) is 0 Å². The third kappa shape index (κ3) is 3.68. The second kappa shape index (κ2) is 5.83. The monoisotopic (exact) mass is 240 g/mol. The lowest BCUT2D eigenvalue weighted by molar-refractivity contribution is -0.125. The summed E-state index contributed by atoms with van der Waals surface area (Å²) in [5.41, 5.74) is -0.655. The average Bonchev–Trinajstić information content (AvgIpc) is 2.77. The summed E-state index contributed by atoms with van der Waals surface area (Å²) in [4.78, 5) is 11.9. The normalized spacial score (nSPS) is 28.6. The maximum Gasteiger partial charge on any atom is 0.224 e. The van der Waals surface area contributed by atoms with Crippen LogP contribution >= 0.6 is 0 Å². The van der Waals surface area contributed by atoms with Crippen molar-refractivity contribution >= 4 is 5.91 Å². The van der Waals surface area contributed by atoms with E-state index >= 15 is 0 Å². The number of aliphatic hydroxyl groups is 1. The lowest BCUT2D eigenvalue weighted by Gasteiger charge is -2.27.